The molecule has 0 fully saturated rings. The summed E-state index contributed by atoms with van der Waals surface area (Å²) in [6, 6.07) is 4.56. The molecule has 1 heterocycles. The zero-order valence-corrected chi connectivity index (χ0v) is 9.59. The molecule has 1 aromatic heterocycles. The molecule has 0 N–H and O–H groups in total. The fourth-order valence-electron chi connectivity index (χ4n) is 0.924. The first-order valence-electron chi connectivity index (χ1n) is 4.18. The molecule has 0 bridgehead atoms. The normalized spacial score (nSPS) is 13.1. The highest BCUT2D eigenvalue weighted by Crippen LogP contribution is 2.15. The molecule has 80 valence electrons. The summed E-state index contributed by atoms with van der Waals surface area (Å²) in [5.74, 6) is 0.000788. The van der Waals surface area contributed by atoms with Gasteiger partial charge in [0, 0.05) is 12.1 Å². The summed E-state index contributed by atoms with van der Waals surface area (Å²) in [6.45, 7) is 1.50. The molecule has 15 heavy (non-hydrogen) atoms. The molecule has 0 aliphatic carbocycles. The lowest BCUT2D eigenvalue weighted by molar-refractivity contribution is 0.584. The molecule has 0 aromatic carbocycles. The highest BCUT2D eigenvalue weighted by atomic mass is 35.5. The van der Waals surface area contributed by atoms with Crippen LogP contribution in [0.1, 0.15) is 12.5 Å². The van der Waals surface area contributed by atoms with E-state index in [0.29, 0.717) is 0 Å². The van der Waals surface area contributed by atoms with Crippen LogP contribution >= 0.6 is 11.6 Å². The van der Waals surface area contributed by atoms with E-state index in [4.69, 9.17) is 16.9 Å². The molecule has 1 atom stereocenters. The molecule has 0 spiro atoms. The number of nitriles is 1. The van der Waals surface area contributed by atoms with Crippen molar-refractivity contribution in [2.75, 3.05) is 5.88 Å². The summed E-state index contributed by atoms with van der Waals surface area (Å²) < 4.78 is 23.5. The SMILES string of the molecule is CC(CCl)S(=O)(=O)c1cc(C#N)ccn1. The van der Waals surface area contributed by atoms with E-state index in [1.54, 1.807) is 0 Å². The molecule has 1 rings (SSSR count). The summed E-state index contributed by atoms with van der Waals surface area (Å²) in [4.78, 5) is 3.73. The molecule has 0 aliphatic rings. The smallest absolute Gasteiger partial charge is 0.199 e. The van der Waals surface area contributed by atoms with Gasteiger partial charge in [0.05, 0.1) is 16.9 Å². The van der Waals surface area contributed by atoms with Gasteiger partial charge in [0.15, 0.2) is 14.9 Å². The summed E-state index contributed by atoms with van der Waals surface area (Å²) in [5, 5.41) is 7.82. The van der Waals surface area contributed by atoms with Gasteiger partial charge in [-0.25, -0.2) is 13.4 Å². The number of pyridine rings is 1. The Morgan fingerprint density at radius 3 is 2.87 bits per heavy atom. The first kappa shape index (κ1) is 12.0. The molecule has 0 aliphatic heterocycles. The van der Waals surface area contributed by atoms with Gasteiger partial charge in [0.1, 0.15) is 0 Å². The van der Waals surface area contributed by atoms with Crippen molar-refractivity contribution in [2.45, 2.75) is 17.2 Å². The van der Waals surface area contributed by atoms with Crippen molar-refractivity contribution in [1.29, 1.82) is 5.26 Å². The average Bonchev–Trinajstić information content (AvgIpc) is 2.27. The van der Waals surface area contributed by atoms with Crippen molar-refractivity contribution in [3.8, 4) is 6.07 Å². The number of hydrogen-bond acceptors (Lipinski definition) is 4. The number of rotatable bonds is 3. The van der Waals surface area contributed by atoms with Gasteiger partial charge < -0.3 is 0 Å². The number of halogens is 1. The van der Waals surface area contributed by atoms with E-state index >= 15 is 0 Å². The van der Waals surface area contributed by atoms with Crippen LogP contribution in [-0.2, 0) is 9.84 Å². The van der Waals surface area contributed by atoms with Crippen molar-refractivity contribution >= 4 is 21.4 Å². The Hall–Kier alpha value is -1.12. The largest absolute Gasteiger partial charge is 0.245 e. The second-order valence-electron chi connectivity index (χ2n) is 3.00. The van der Waals surface area contributed by atoms with E-state index < -0.39 is 15.1 Å². The average molecular weight is 245 g/mol. The topological polar surface area (TPSA) is 70.8 Å². The molecule has 0 amide bonds. The Balaban J connectivity index is 3.23. The van der Waals surface area contributed by atoms with Crippen molar-refractivity contribution in [3.05, 3.63) is 23.9 Å². The number of hydrogen-bond donors (Lipinski definition) is 0. The summed E-state index contributed by atoms with van der Waals surface area (Å²) in [6.07, 6.45) is 1.30. The number of sulfone groups is 1. The molecule has 6 heteroatoms. The Morgan fingerprint density at radius 2 is 2.33 bits per heavy atom. The minimum absolute atomic E-state index is 0.000788. The maximum Gasteiger partial charge on any atom is 0.199 e. The monoisotopic (exact) mass is 244 g/mol. The Labute approximate surface area is 93.4 Å². The molecule has 1 unspecified atom stereocenters. The van der Waals surface area contributed by atoms with E-state index in [0.717, 1.165) is 0 Å². The van der Waals surface area contributed by atoms with Gasteiger partial charge in [-0.2, -0.15) is 5.26 Å². The minimum Gasteiger partial charge on any atom is -0.245 e. The Bertz CT molecular complexity index is 493. The first-order chi connectivity index (χ1) is 7.02. The quantitative estimate of drug-likeness (QED) is 0.753. The van der Waals surface area contributed by atoms with Crippen LogP contribution in [0.5, 0.6) is 0 Å². The molecule has 4 nitrogen and oxygen atoms in total. The third-order valence-corrected chi connectivity index (χ3v) is 4.58. The lowest BCUT2D eigenvalue weighted by Crippen LogP contribution is -2.20. The molecule has 0 radical (unpaired) electrons. The zero-order chi connectivity index (χ0) is 11.5. The lowest BCUT2D eigenvalue weighted by Gasteiger charge is -2.08. The predicted molar refractivity (Wildman–Crippen MR) is 56.3 cm³/mol. The van der Waals surface area contributed by atoms with E-state index in [1.807, 2.05) is 6.07 Å². The molecular formula is C9H9ClN2O2S. The van der Waals surface area contributed by atoms with Crippen LogP contribution in [0, 0.1) is 11.3 Å². The van der Waals surface area contributed by atoms with Crippen molar-refractivity contribution in [2.24, 2.45) is 0 Å². The van der Waals surface area contributed by atoms with Crippen LogP contribution in [0.4, 0.5) is 0 Å². The van der Waals surface area contributed by atoms with Crippen LogP contribution in [0.15, 0.2) is 23.4 Å². The van der Waals surface area contributed by atoms with E-state index in [-0.39, 0.29) is 16.5 Å². The number of aromatic nitrogens is 1. The second kappa shape index (κ2) is 4.60. The van der Waals surface area contributed by atoms with Crippen LogP contribution in [0.2, 0.25) is 0 Å². The summed E-state index contributed by atoms with van der Waals surface area (Å²) in [7, 11) is -3.52. The molecule has 0 saturated heterocycles. The summed E-state index contributed by atoms with van der Waals surface area (Å²) in [5.41, 5.74) is 0.269. The van der Waals surface area contributed by atoms with Gasteiger partial charge in [-0.05, 0) is 19.1 Å². The van der Waals surface area contributed by atoms with E-state index in [2.05, 4.69) is 4.98 Å². The lowest BCUT2D eigenvalue weighted by atomic mass is 10.3. The van der Waals surface area contributed by atoms with E-state index in [9.17, 15) is 8.42 Å². The second-order valence-corrected chi connectivity index (χ2v) is 5.63. The van der Waals surface area contributed by atoms with Gasteiger partial charge in [-0.3, -0.25) is 0 Å². The van der Waals surface area contributed by atoms with Crippen molar-refractivity contribution in [3.63, 3.8) is 0 Å². The van der Waals surface area contributed by atoms with Gasteiger partial charge in [0.2, 0.25) is 0 Å². The Morgan fingerprint density at radius 1 is 1.67 bits per heavy atom. The van der Waals surface area contributed by atoms with Crippen LogP contribution < -0.4 is 0 Å². The van der Waals surface area contributed by atoms with E-state index in [1.165, 1.54) is 25.3 Å². The van der Waals surface area contributed by atoms with Crippen molar-refractivity contribution in [1.82, 2.24) is 4.98 Å². The van der Waals surface area contributed by atoms with Crippen molar-refractivity contribution < 1.29 is 8.42 Å². The van der Waals surface area contributed by atoms with Crippen LogP contribution in [-0.4, -0.2) is 24.5 Å². The van der Waals surface area contributed by atoms with Gasteiger partial charge >= 0.3 is 0 Å². The molecular weight excluding hydrogens is 236 g/mol. The Kier molecular flexibility index (Phi) is 3.66. The minimum atomic E-state index is -3.52. The first-order valence-corrected chi connectivity index (χ1v) is 6.26. The zero-order valence-electron chi connectivity index (χ0n) is 8.01. The standard InChI is InChI=1S/C9H9ClN2O2S/c1-7(5-10)15(13,14)9-4-8(6-11)2-3-12-9/h2-4,7H,5H2,1H3. The van der Waals surface area contributed by atoms with Gasteiger partial charge in [0.25, 0.3) is 0 Å². The highest BCUT2D eigenvalue weighted by molar-refractivity contribution is 7.92. The van der Waals surface area contributed by atoms with Gasteiger partial charge in [-0.15, -0.1) is 11.6 Å². The maximum absolute atomic E-state index is 11.8. The maximum atomic E-state index is 11.8. The van der Waals surface area contributed by atoms with Gasteiger partial charge in [-0.1, -0.05) is 0 Å². The van der Waals surface area contributed by atoms with Crippen LogP contribution in [0.3, 0.4) is 0 Å². The molecule has 1 aromatic rings. The molecule has 0 saturated carbocycles. The highest BCUT2D eigenvalue weighted by Gasteiger charge is 2.23. The predicted octanol–water partition coefficient (Wildman–Crippen LogP) is 1.35. The number of nitrogens with zero attached hydrogens (tertiary/aromatic N) is 2. The summed E-state index contributed by atoms with van der Waals surface area (Å²) >= 11 is 5.49. The third kappa shape index (κ3) is 2.46. The fraction of sp³-hybridized carbons (Fsp3) is 0.333. The fourth-order valence-corrected chi connectivity index (χ4v) is 2.50. The number of alkyl halides is 1. The third-order valence-electron chi connectivity index (χ3n) is 1.90. The van der Waals surface area contributed by atoms with Crippen LogP contribution in [0.25, 0.3) is 0 Å².